The topological polar surface area (TPSA) is 105 Å². The fourth-order valence-corrected chi connectivity index (χ4v) is 2.07. The number of aliphatic imine (C=N–C) groups is 1. The fraction of sp³-hybridized carbons (Fsp3) is 0.375. The van der Waals surface area contributed by atoms with Crippen LogP contribution >= 0.6 is 0 Å². The van der Waals surface area contributed by atoms with Crippen LogP contribution in [0.5, 0.6) is 5.75 Å². The van der Waals surface area contributed by atoms with Crippen LogP contribution < -0.4 is 20.7 Å². The number of amides is 1. The molecule has 0 radical (unpaired) electrons. The molecule has 1 heterocycles. The number of rotatable bonds is 7. The summed E-state index contributed by atoms with van der Waals surface area (Å²) in [4.78, 5) is 19.3. The Balaban J connectivity index is 1.72. The van der Waals surface area contributed by atoms with Gasteiger partial charge in [0.05, 0.1) is 13.1 Å². The molecule has 0 spiro atoms. The molecule has 134 valence electrons. The van der Waals surface area contributed by atoms with Gasteiger partial charge in [0.25, 0.3) is 0 Å². The Morgan fingerprint density at radius 1 is 1.36 bits per heavy atom. The maximum atomic E-state index is 11.1. The lowest BCUT2D eigenvalue weighted by Gasteiger charge is -2.12. The molecule has 2 rings (SSSR count). The van der Waals surface area contributed by atoms with Gasteiger partial charge in [-0.15, -0.1) is 0 Å². The number of hydrogen-bond donors (Lipinski definition) is 3. The summed E-state index contributed by atoms with van der Waals surface area (Å²) in [6, 6.07) is 7.26. The molecule has 0 fully saturated rings. The first kappa shape index (κ1) is 18.2. The Morgan fingerprint density at radius 2 is 2.20 bits per heavy atom. The minimum Gasteiger partial charge on any atom is -0.492 e. The van der Waals surface area contributed by atoms with Gasteiger partial charge in [-0.3, -0.25) is 14.5 Å². The van der Waals surface area contributed by atoms with E-state index in [0.717, 1.165) is 5.82 Å². The highest BCUT2D eigenvalue weighted by Gasteiger charge is 2.03. The van der Waals surface area contributed by atoms with Gasteiger partial charge in [0, 0.05) is 32.8 Å². The molecule has 0 aliphatic heterocycles. The molecule has 0 bridgehead atoms. The van der Waals surface area contributed by atoms with Gasteiger partial charge < -0.3 is 20.7 Å². The summed E-state index contributed by atoms with van der Waals surface area (Å²) in [5.41, 5.74) is 0.708. The van der Waals surface area contributed by atoms with Crippen LogP contribution in [0.2, 0.25) is 0 Å². The maximum Gasteiger partial charge on any atom is 0.221 e. The van der Waals surface area contributed by atoms with Crippen molar-refractivity contribution in [2.24, 2.45) is 12.0 Å². The third-order valence-corrected chi connectivity index (χ3v) is 3.26. The molecule has 0 saturated carbocycles. The molecule has 1 aromatic heterocycles. The number of carbonyl (C=O) groups excluding carboxylic acids is 1. The van der Waals surface area contributed by atoms with Crippen molar-refractivity contribution in [2.75, 3.05) is 25.5 Å². The second-order valence-electron chi connectivity index (χ2n) is 5.21. The van der Waals surface area contributed by atoms with Crippen molar-refractivity contribution in [3.8, 4) is 5.75 Å². The first-order valence-electron chi connectivity index (χ1n) is 7.86. The standard InChI is InChI=1S/C16H23N7O2/c1-12(24)22-13-5-4-6-14(9-13)25-8-7-18-16(17-2)19-10-15-20-11-21-23(15)3/h4-6,9,11H,7-8,10H2,1-3H3,(H,22,24)(H2,17,18,19). The maximum absolute atomic E-state index is 11.1. The molecule has 0 saturated heterocycles. The zero-order valence-corrected chi connectivity index (χ0v) is 14.6. The normalized spacial score (nSPS) is 11.1. The monoisotopic (exact) mass is 345 g/mol. The molecule has 0 unspecified atom stereocenters. The Kier molecular flexibility index (Phi) is 6.76. The summed E-state index contributed by atoms with van der Waals surface area (Å²) in [5.74, 6) is 2.04. The number of anilines is 1. The van der Waals surface area contributed by atoms with Crippen LogP contribution in [-0.2, 0) is 18.4 Å². The van der Waals surface area contributed by atoms with E-state index in [1.807, 2.05) is 25.2 Å². The number of ether oxygens (including phenoxy) is 1. The average molecular weight is 345 g/mol. The Bertz CT molecular complexity index is 727. The lowest BCUT2D eigenvalue weighted by atomic mass is 10.3. The number of hydrogen-bond acceptors (Lipinski definition) is 5. The molecule has 9 heteroatoms. The predicted molar refractivity (Wildman–Crippen MR) is 95.4 cm³/mol. The van der Waals surface area contributed by atoms with E-state index < -0.39 is 0 Å². The molecule has 0 aliphatic carbocycles. The van der Waals surface area contributed by atoms with E-state index in [-0.39, 0.29) is 5.91 Å². The molecule has 9 nitrogen and oxygen atoms in total. The summed E-state index contributed by atoms with van der Waals surface area (Å²) in [5, 5.41) is 13.0. The number of aromatic nitrogens is 3. The van der Waals surface area contributed by atoms with Crippen LogP contribution in [0, 0.1) is 0 Å². The molecule has 3 N–H and O–H groups in total. The summed E-state index contributed by atoms with van der Waals surface area (Å²) in [6.07, 6.45) is 1.51. The summed E-state index contributed by atoms with van der Waals surface area (Å²) in [7, 11) is 3.53. The number of carbonyl (C=O) groups is 1. The molecular weight excluding hydrogens is 322 g/mol. The second-order valence-corrected chi connectivity index (χ2v) is 5.21. The van der Waals surface area contributed by atoms with Crippen LogP contribution in [0.25, 0.3) is 0 Å². The first-order valence-corrected chi connectivity index (χ1v) is 7.86. The molecule has 1 amide bonds. The van der Waals surface area contributed by atoms with Crippen LogP contribution in [0.4, 0.5) is 5.69 Å². The van der Waals surface area contributed by atoms with Crippen molar-refractivity contribution in [2.45, 2.75) is 13.5 Å². The number of benzene rings is 1. The van der Waals surface area contributed by atoms with Crippen molar-refractivity contribution in [3.05, 3.63) is 36.4 Å². The quantitative estimate of drug-likeness (QED) is 0.384. The minimum atomic E-state index is -0.114. The van der Waals surface area contributed by atoms with Crippen molar-refractivity contribution < 1.29 is 9.53 Å². The fourth-order valence-electron chi connectivity index (χ4n) is 2.07. The highest BCUT2D eigenvalue weighted by molar-refractivity contribution is 5.88. The zero-order chi connectivity index (χ0) is 18.1. The van der Waals surface area contributed by atoms with Crippen molar-refractivity contribution >= 4 is 17.6 Å². The van der Waals surface area contributed by atoms with Crippen molar-refractivity contribution in [3.63, 3.8) is 0 Å². The van der Waals surface area contributed by atoms with E-state index in [1.165, 1.54) is 13.3 Å². The van der Waals surface area contributed by atoms with Gasteiger partial charge in [-0.25, -0.2) is 4.98 Å². The van der Waals surface area contributed by atoms with Gasteiger partial charge in [0.1, 0.15) is 24.5 Å². The summed E-state index contributed by atoms with van der Waals surface area (Å²) in [6.45, 7) is 3.02. The molecule has 2 aromatic rings. The third-order valence-electron chi connectivity index (χ3n) is 3.26. The number of aryl methyl sites for hydroxylation is 1. The van der Waals surface area contributed by atoms with E-state index in [0.29, 0.717) is 37.1 Å². The Labute approximate surface area is 146 Å². The van der Waals surface area contributed by atoms with Crippen molar-refractivity contribution in [1.82, 2.24) is 25.4 Å². The Morgan fingerprint density at radius 3 is 2.88 bits per heavy atom. The number of nitrogens with one attached hydrogen (secondary N) is 3. The van der Waals surface area contributed by atoms with E-state index >= 15 is 0 Å². The lowest BCUT2D eigenvalue weighted by molar-refractivity contribution is -0.114. The number of guanidine groups is 1. The van der Waals surface area contributed by atoms with Crippen molar-refractivity contribution in [1.29, 1.82) is 0 Å². The van der Waals surface area contributed by atoms with Gasteiger partial charge >= 0.3 is 0 Å². The van der Waals surface area contributed by atoms with E-state index in [9.17, 15) is 4.79 Å². The van der Waals surface area contributed by atoms with Gasteiger partial charge in [0.15, 0.2) is 5.96 Å². The molecule has 25 heavy (non-hydrogen) atoms. The smallest absolute Gasteiger partial charge is 0.221 e. The van der Waals surface area contributed by atoms with E-state index in [4.69, 9.17) is 4.74 Å². The van der Waals surface area contributed by atoms with Gasteiger partial charge in [-0.1, -0.05) is 6.07 Å². The molecule has 0 atom stereocenters. The van der Waals surface area contributed by atoms with Crippen LogP contribution in [0.1, 0.15) is 12.7 Å². The SMILES string of the molecule is CN=C(NCCOc1cccc(NC(C)=O)c1)NCc1ncnn1C. The van der Waals surface area contributed by atoms with Crippen LogP contribution in [-0.4, -0.2) is 46.8 Å². The third kappa shape index (κ3) is 6.13. The van der Waals surface area contributed by atoms with Crippen LogP contribution in [0.3, 0.4) is 0 Å². The van der Waals surface area contributed by atoms with E-state index in [2.05, 4.69) is 31.0 Å². The van der Waals surface area contributed by atoms with Crippen LogP contribution in [0.15, 0.2) is 35.6 Å². The highest BCUT2D eigenvalue weighted by Crippen LogP contribution is 2.16. The second kappa shape index (κ2) is 9.26. The zero-order valence-electron chi connectivity index (χ0n) is 14.6. The minimum absolute atomic E-state index is 0.114. The van der Waals surface area contributed by atoms with Gasteiger partial charge in [-0.2, -0.15) is 5.10 Å². The number of nitrogens with zero attached hydrogens (tertiary/aromatic N) is 4. The van der Waals surface area contributed by atoms with Gasteiger partial charge in [-0.05, 0) is 12.1 Å². The average Bonchev–Trinajstić information content (AvgIpc) is 2.99. The van der Waals surface area contributed by atoms with E-state index in [1.54, 1.807) is 17.8 Å². The molecular formula is C16H23N7O2. The summed E-state index contributed by atoms with van der Waals surface area (Å²) >= 11 is 0. The van der Waals surface area contributed by atoms with Gasteiger partial charge in [0.2, 0.25) is 5.91 Å². The highest BCUT2D eigenvalue weighted by atomic mass is 16.5. The molecule has 1 aromatic carbocycles. The Hall–Kier alpha value is -3.10. The lowest BCUT2D eigenvalue weighted by Crippen LogP contribution is -2.39. The molecule has 0 aliphatic rings. The summed E-state index contributed by atoms with van der Waals surface area (Å²) < 4.78 is 7.37. The first-order chi connectivity index (χ1) is 12.1. The predicted octanol–water partition coefficient (Wildman–Crippen LogP) is 0.517. The largest absolute Gasteiger partial charge is 0.492 e.